The molecule has 2 fully saturated rings. The number of amides is 3. The van der Waals surface area contributed by atoms with Gasteiger partial charge in [0.1, 0.15) is 11.5 Å². The number of rotatable bonds is 6. The Kier molecular flexibility index (Phi) is 6.73. The van der Waals surface area contributed by atoms with E-state index in [1.807, 2.05) is 4.90 Å². The van der Waals surface area contributed by atoms with Crippen molar-refractivity contribution in [2.24, 2.45) is 11.7 Å². The van der Waals surface area contributed by atoms with Gasteiger partial charge in [0.05, 0.1) is 0 Å². The lowest BCUT2D eigenvalue weighted by molar-refractivity contribution is -0.133. The van der Waals surface area contributed by atoms with Crippen LogP contribution in [0.1, 0.15) is 52.8 Å². The molecule has 4 rings (SSSR count). The molecule has 0 unspecified atom stereocenters. The van der Waals surface area contributed by atoms with E-state index in [4.69, 9.17) is 10.5 Å². The number of hydrogen-bond donors (Lipinski definition) is 1. The molecule has 2 aliphatic rings. The van der Waals surface area contributed by atoms with Crippen molar-refractivity contribution in [2.45, 2.75) is 32.1 Å². The molecule has 2 N–H and O–H groups in total. The van der Waals surface area contributed by atoms with E-state index in [9.17, 15) is 14.4 Å². The fourth-order valence-corrected chi connectivity index (χ4v) is 4.42. The fourth-order valence-electron chi connectivity index (χ4n) is 4.42. The highest BCUT2D eigenvalue weighted by molar-refractivity contribution is 5.94. The van der Waals surface area contributed by atoms with Crippen LogP contribution >= 0.6 is 0 Å². The van der Waals surface area contributed by atoms with Crippen LogP contribution in [0, 0.1) is 5.92 Å². The van der Waals surface area contributed by atoms with E-state index < -0.39 is 5.91 Å². The number of benzene rings is 2. The molecule has 3 amide bonds. The first-order chi connectivity index (χ1) is 15.5. The second-order valence-electron chi connectivity index (χ2n) is 8.54. The van der Waals surface area contributed by atoms with E-state index in [1.165, 1.54) is 25.7 Å². The summed E-state index contributed by atoms with van der Waals surface area (Å²) in [4.78, 5) is 40.2. The SMILES string of the molecule is NC(=O)c1ccc(Oc2ccc(C(=O)N3CCN(C(=O)CC4CCCC4)CC3)cc2)cc1. The van der Waals surface area contributed by atoms with E-state index in [-0.39, 0.29) is 11.8 Å². The van der Waals surface area contributed by atoms with E-state index in [2.05, 4.69) is 0 Å². The van der Waals surface area contributed by atoms with Crippen LogP contribution in [0.2, 0.25) is 0 Å². The normalized spacial score (nSPS) is 16.8. The van der Waals surface area contributed by atoms with Gasteiger partial charge in [-0.15, -0.1) is 0 Å². The van der Waals surface area contributed by atoms with Gasteiger partial charge in [-0.3, -0.25) is 14.4 Å². The van der Waals surface area contributed by atoms with Crippen molar-refractivity contribution >= 4 is 17.7 Å². The molecule has 2 aromatic carbocycles. The van der Waals surface area contributed by atoms with Gasteiger partial charge < -0.3 is 20.3 Å². The summed E-state index contributed by atoms with van der Waals surface area (Å²) in [5.41, 5.74) is 6.25. The molecule has 0 bridgehead atoms. The Bertz CT molecular complexity index is 958. The lowest BCUT2D eigenvalue weighted by atomic mass is 10.0. The first kappa shape index (κ1) is 21.9. The van der Waals surface area contributed by atoms with Crippen molar-refractivity contribution in [1.29, 1.82) is 0 Å². The van der Waals surface area contributed by atoms with Gasteiger partial charge >= 0.3 is 0 Å². The lowest BCUT2D eigenvalue weighted by Crippen LogP contribution is -2.50. The zero-order valence-corrected chi connectivity index (χ0v) is 18.2. The van der Waals surface area contributed by atoms with Crippen molar-refractivity contribution < 1.29 is 19.1 Å². The van der Waals surface area contributed by atoms with Gasteiger partial charge in [0, 0.05) is 43.7 Å². The van der Waals surface area contributed by atoms with Crippen molar-refractivity contribution in [2.75, 3.05) is 26.2 Å². The minimum Gasteiger partial charge on any atom is -0.457 e. The minimum atomic E-state index is -0.488. The molecular formula is C25H29N3O4. The van der Waals surface area contributed by atoms with Crippen LogP contribution in [-0.4, -0.2) is 53.7 Å². The Balaban J connectivity index is 1.28. The van der Waals surface area contributed by atoms with Gasteiger partial charge in [0.2, 0.25) is 11.8 Å². The van der Waals surface area contributed by atoms with Crippen LogP contribution in [0.5, 0.6) is 11.5 Å². The molecule has 7 heteroatoms. The number of nitrogens with zero attached hydrogens (tertiary/aromatic N) is 2. The van der Waals surface area contributed by atoms with E-state index in [1.54, 1.807) is 53.4 Å². The lowest BCUT2D eigenvalue weighted by Gasteiger charge is -2.35. The maximum absolute atomic E-state index is 12.9. The van der Waals surface area contributed by atoms with E-state index >= 15 is 0 Å². The largest absolute Gasteiger partial charge is 0.457 e. The van der Waals surface area contributed by atoms with Crippen molar-refractivity contribution in [3.8, 4) is 11.5 Å². The molecule has 1 aliphatic heterocycles. The highest BCUT2D eigenvalue weighted by Crippen LogP contribution is 2.28. The molecule has 1 heterocycles. The molecule has 0 spiro atoms. The van der Waals surface area contributed by atoms with Gasteiger partial charge in [-0.25, -0.2) is 0 Å². The van der Waals surface area contributed by atoms with Crippen LogP contribution in [0.15, 0.2) is 48.5 Å². The molecule has 7 nitrogen and oxygen atoms in total. The summed E-state index contributed by atoms with van der Waals surface area (Å²) in [7, 11) is 0. The number of hydrogen-bond acceptors (Lipinski definition) is 4. The predicted molar refractivity (Wildman–Crippen MR) is 121 cm³/mol. The Hall–Kier alpha value is -3.35. The number of ether oxygens (including phenoxy) is 1. The van der Waals surface area contributed by atoms with Gasteiger partial charge in [-0.05, 0) is 67.3 Å². The molecule has 1 saturated heterocycles. The van der Waals surface area contributed by atoms with Crippen LogP contribution in [0.3, 0.4) is 0 Å². The van der Waals surface area contributed by atoms with Gasteiger partial charge in [0.15, 0.2) is 0 Å². The predicted octanol–water partition coefficient (Wildman–Crippen LogP) is 3.44. The standard InChI is InChI=1S/C25H29N3O4/c26-24(30)19-5-9-21(10-6-19)32-22-11-7-20(8-12-22)25(31)28-15-13-27(14-16-28)23(29)17-18-3-1-2-4-18/h5-12,18H,1-4,13-17H2,(H2,26,30). The molecule has 168 valence electrons. The Morgan fingerprint density at radius 2 is 1.28 bits per heavy atom. The topological polar surface area (TPSA) is 92.9 Å². The monoisotopic (exact) mass is 435 g/mol. The van der Waals surface area contributed by atoms with Gasteiger partial charge in [-0.1, -0.05) is 12.8 Å². The number of primary amides is 1. The average molecular weight is 436 g/mol. The third kappa shape index (κ3) is 5.28. The maximum atomic E-state index is 12.9. The van der Waals surface area contributed by atoms with Crippen molar-refractivity contribution in [1.82, 2.24) is 9.80 Å². The molecule has 0 aromatic heterocycles. The number of nitrogens with two attached hydrogens (primary N) is 1. The quantitative estimate of drug-likeness (QED) is 0.752. The molecule has 32 heavy (non-hydrogen) atoms. The fraction of sp³-hybridized carbons (Fsp3) is 0.400. The van der Waals surface area contributed by atoms with Crippen LogP contribution in [-0.2, 0) is 4.79 Å². The van der Waals surface area contributed by atoms with Crippen molar-refractivity contribution in [3.63, 3.8) is 0 Å². The minimum absolute atomic E-state index is 0.0368. The zero-order valence-electron chi connectivity index (χ0n) is 18.2. The van der Waals surface area contributed by atoms with Crippen LogP contribution in [0.25, 0.3) is 0 Å². The third-order valence-electron chi connectivity index (χ3n) is 6.33. The van der Waals surface area contributed by atoms with E-state index in [0.29, 0.717) is 61.1 Å². The van der Waals surface area contributed by atoms with Crippen LogP contribution < -0.4 is 10.5 Å². The van der Waals surface area contributed by atoms with Crippen LogP contribution in [0.4, 0.5) is 0 Å². The first-order valence-corrected chi connectivity index (χ1v) is 11.2. The second kappa shape index (κ2) is 9.85. The molecule has 2 aromatic rings. The summed E-state index contributed by atoms with van der Waals surface area (Å²) in [6.07, 6.45) is 5.48. The highest BCUT2D eigenvalue weighted by Gasteiger charge is 2.27. The summed E-state index contributed by atoms with van der Waals surface area (Å²) in [5, 5.41) is 0. The summed E-state index contributed by atoms with van der Waals surface area (Å²) in [6.45, 7) is 2.30. The maximum Gasteiger partial charge on any atom is 0.253 e. The number of carbonyl (C=O) groups excluding carboxylic acids is 3. The highest BCUT2D eigenvalue weighted by atomic mass is 16.5. The molecule has 1 aliphatic carbocycles. The smallest absolute Gasteiger partial charge is 0.253 e. The van der Waals surface area contributed by atoms with Gasteiger partial charge in [-0.2, -0.15) is 0 Å². The third-order valence-corrected chi connectivity index (χ3v) is 6.33. The number of piperazine rings is 1. The summed E-state index contributed by atoms with van der Waals surface area (Å²) >= 11 is 0. The Labute approximate surface area is 188 Å². The van der Waals surface area contributed by atoms with Gasteiger partial charge in [0.25, 0.3) is 5.91 Å². The average Bonchev–Trinajstić information content (AvgIpc) is 3.32. The number of carbonyl (C=O) groups is 3. The first-order valence-electron chi connectivity index (χ1n) is 11.2. The summed E-state index contributed by atoms with van der Waals surface area (Å²) in [6, 6.07) is 13.5. The zero-order chi connectivity index (χ0) is 22.5. The molecule has 0 atom stereocenters. The van der Waals surface area contributed by atoms with E-state index in [0.717, 1.165) is 0 Å². The summed E-state index contributed by atoms with van der Waals surface area (Å²) < 4.78 is 5.77. The summed E-state index contributed by atoms with van der Waals surface area (Å²) in [5.74, 6) is 1.42. The molecule has 1 saturated carbocycles. The molecule has 0 radical (unpaired) electrons. The van der Waals surface area contributed by atoms with Crippen molar-refractivity contribution in [3.05, 3.63) is 59.7 Å². The molecular weight excluding hydrogens is 406 g/mol. The second-order valence-corrected chi connectivity index (χ2v) is 8.54. The Morgan fingerprint density at radius 3 is 1.81 bits per heavy atom. The Morgan fingerprint density at radius 1 is 0.781 bits per heavy atom.